The van der Waals surface area contributed by atoms with Crippen LogP contribution in [0.5, 0.6) is 5.75 Å². The van der Waals surface area contributed by atoms with Crippen LogP contribution in [0.1, 0.15) is 15.9 Å². The molecule has 0 saturated carbocycles. The van der Waals surface area contributed by atoms with E-state index < -0.39 is 0 Å². The van der Waals surface area contributed by atoms with Crippen molar-refractivity contribution in [2.75, 3.05) is 17.9 Å². The molecule has 0 radical (unpaired) electrons. The van der Waals surface area contributed by atoms with Gasteiger partial charge in [0, 0.05) is 23.0 Å². The van der Waals surface area contributed by atoms with E-state index in [-0.39, 0.29) is 5.91 Å². The van der Waals surface area contributed by atoms with Gasteiger partial charge in [-0.2, -0.15) is 0 Å². The molecule has 2 aromatic carbocycles. The highest BCUT2D eigenvalue weighted by molar-refractivity contribution is 6.32. The van der Waals surface area contributed by atoms with E-state index in [1.807, 2.05) is 6.92 Å². The van der Waals surface area contributed by atoms with E-state index >= 15 is 0 Å². The summed E-state index contributed by atoms with van der Waals surface area (Å²) in [5.74, 6) is 5.64. The molecule has 2 rings (SSSR count). The van der Waals surface area contributed by atoms with Crippen LogP contribution < -0.4 is 21.3 Å². The monoisotopic (exact) mass is 305 g/mol. The number of hydrogen-bond donors (Lipinski definition) is 3. The van der Waals surface area contributed by atoms with Crippen molar-refractivity contribution in [3.05, 3.63) is 52.5 Å². The Kier molecular flexibility index (Phi) is 4.67. The van der Waals surface area contributed by atoms with E-state index in [0.29, 0.717) is 22.0 Å². The molecule has 0 atom stereocenters. The first-order valence-corrected chi connectivity index (χ1v) is 6.65. The minimum absolute atomic E-state index is 0.208. The minimum atomic E-state index is -0.208. The average molecular weight is 306 g/mol. The fourth-order valence-electron chi connectivity index (χ4n) is 1.94. The second-order valence-corrected chi connectivity index (χ2v) is 4.88. The van der Waals surface area contributed by atoms with E-state index in [4.69, 9.17) is 22.2 Å². The number of nitrogens with one attached hydrogen (secondary N) is 2. The lowest BCUT2D eigenvalue weighted by Crippen LogP contribution is -2.14. The van der Waals surface area contributed by atoms with Gasteiger partial charge in [-0.15, -0.1) is 0 Å². The largest absolute Gasteiger partial charge is 0.495 e. The third kappa shape index (κ3) is 3.45. The maximum Gasteiger partial charge on any atom is 0.255 e. The van der Waals surface area contributed by atoms with Crippen molar-refractivity contribution in [2.45, 2.75) is 6.92 Å². The van der Waals surface area contributed by atoms with Crippen LogP contribution in [0.15, 0.2) is 36.4 Å². The molecule has 4 N–H and O–H groups in total. The highest BCUT2D eigenvalue weighted by Gasteiger charge is 2.11. The predicted octanol–water partition coefficient (Wildman–Crippen LogP) is 3.19. The number of carbonyl (C=O) groups is 1. The number of hydrazine groups is 1. The fraction of sp³-hybridized carbons (Fsp3) is 0.133. The summed E-state index contributed by atoms with van der Waals surface area (Å²) < 4.78 is 5.12. The van der Waals surface area contributed by atoms with Gasteiger partial charge < -0.3 is 15.5 Å². The molecule has 0 spiro atoms. The first-order valence-electron chi connectivity index (χ1n) is 6.27. The van der Waals surface area contributed by atoms with Gasteiger partial charge in [0.2, 0.25) is 0 Å². The van der Waals surface area contributed by atoms with E-state index in [2.05, 4.69) is 10.7 Å². The Hall–Kier alpha value is -2.24. The van der Waals surface area contributed by atoms with Gasteiger partial charge in [0.15, 0.2) is 0 Å². The number of ether oxygens (including phenoxy) is 1. The number of hydrogen-bond acceptors (Lipinski definition) is 4. The molecule has 2 aromatic rings. The molecule has 0 aromatic heterocycles. The van der Waals surface area contributed by atoms with Gasteiger partial charge in [-0.05, 0) is 42.8 Å². The van der Waals surface area contributed by atoms with Crippen molar-refractivity contribution in [2.24, 2.45) is 5.84 Å². The van der Waals surface area contributed by atoms with Crippen LogP contribution in [0.25, 0.3) is 0 Å². The molecule has 0 bridgehead atoms. The van der Waals surface area contributed by atoms with E-state index in [0.717, 1.165) is 11.3 Å². The molecule has 6 heteroatoms. The molecule has 0 fully saturated rings. The highest BCUT2D eigenvalue weighted by atomic mass is 35.5. The van der Waals surface area contributed by atoms with Gasteiger partial charge in [0.05, 0.1) is 12.1 Å². The number of nitrogens with two attached hydrogens (primary N) is 1. The Morgan fingerprint density at radius 2 is 1.90 bits per heavy atom. The third-order valence-electron chi connectivity index (χ3n) is 3.05. The third-order valence-corrected chi connectivity index (χ3v) is 3.36. The van der Waals surface area contributed by atoms with Gasteiger partial charge in [-0.1, -0.05) is 11.6 Å². The zero-order valence-corrected chi connectivity index (χ0v) is 12.5. The number of halogens is 1. The molecule has 1 amide bonds. The number of aryl methyl sites for hydroxylation is 1. The van der Waals surface area contributed by atoms with Crippen molar-refractivity contribution in [1.82, 2.24) is 0 Å². The maximum atomic E-state index is 12.3. The lowest BCUT2D eigenvalue weighted by molar-refractivity contribution is 0.102. The van der Waals surface area contributed by atoms with Crippen molar-refractivity contribution in [3.63, 3.8) is 0 Å². The fourth-order valence-corrected chi connectivity index (χ4v) is 2.14. The second-order valence-electron chi connectivity index (χ2n) is 4.48. The van der Waals surface area contributed by atoms with Crippen LogP contribution in [0.2, 0.25) is 5.02 Å². The van der Waals surface area contributed by atoms with Gasteiger partial charge >= 0.3 is 0 Å². The normalized spacial score (nSPS) is 10.1. The van der Waals surface area contributed by atoms with Crippen molar-refractivity contribution < 1.29 is 9.53 Å². The Morgan fingerprint density at radius 3 is 2.52 bits per heavy atom. The average Bonchev–Trinajstić information content (AvgIpc) is 2.48. The molecule has 0 aliphatic carbocycles. The highest BCUT2D eigenvalue weighted by Crippen LogP contribution is 2.27. The summed E-state index contributed by atoms with van der Waals surface area (Å²) in [6.07, 6.45) is 0. The lowest BCUT2D eigenvalue weighted by atomic mass is 10.1. The summed E-state index contributed by atoms with van der Waals surface area (Å²) in [7, 11) is 1.52. The smallest absolute Gasteiger partial charge is 0.255 e. The number of benzene rings is 2. The van der Waals surface area contributed by atoms with Gasteiger partial charge in [-0.3, -0.25) is 10.6 Å². The van der Waals surface area contributed by atoms with E-state index in [1.54, 1.807) is 36.4 Å². The van der Waals surface area contributed by atoms with Gasteiger partial charge in [-0.25, -0.2) is 0 Å². The lowest BCUT2D eigenvalue weighted by Gasteiger charge is -2.11. The number of amides is 1. The number of methoxy groups -OCH3 is 1. The van der Waals surface area contributed by atoms with E-state index in [9.17, 15) is 4.79 Å². The summed E-state index contributed by atoms with van der Waals surface area (Å²) >= 11 is 5.95. The predicted molar refractivity (Wildman–Crippen MR) is 84.9 cm³/mol. The molecule has 0 aliphatic heterocycles. The zero-order valence-electron chi connectivity index (χ0n) is 11.7. The van der Waals surface area contributed by atoms with Crippen LogP contribution in [0, 0.1) is 6.92 Å². The Balaban J connectivity index is 2.22. The van der Waals surface area contributed by atoms with Crippen LogP contribution in [0.4, 0.5) is 11.4 Å². The molecule has 0 unspecified atom stereocenters. The molecule has 21 heavy (non-hydrogen) atoms. The molecule has 5 nitrogen and oxygen atoms in total. The number of anilines is 2. The summed E-state index contributed by atoms with van der Waals surface area (Å²) in [6, 6.07) is 10.3. The van der Waals surface area contributed by atoms with Crippen LogP contribution in [-0.4, -0.2) is 13.0 Å². The van der Waals surface area contributed by atoms with Crippen molar-refractivity contribution in [3.8, 4) is 5.75 Å². The Labute approximate surface area is 128 Å². The number of rotatable bonds is 4. The van der Waals surface area contributed by atoms with Crippen LogP contribution >= 0.6 is 11.6 Å². The SMILES string of the molecule is COc1cc(NC(=O)c2ccc(NN)cc2C)ccc1Cl. The second kappa shape index (κ2) is 6.47. The number of carbonyl (C=O) groups excluding carboxylic acids is 1. The molecule has 0 saturated heterocycles. The quantitative estimate of drug-likeness (QED) is 0.599. The van der Waals surface area contributed by atoms with Gasteiger partial charge in [0.1, 0.15) is 5.75 Å². The summed E-state index contributed by atoms with van der Waals surface area (Å²) in [5.41, 5.74) is 5.30. The first-order chi connectivity index (χ1) is 10.0. The molecule has 0 aliphatic rings. The molecular weight excluding hydrogens is 290 g/mol. The topological polar surface area (TPSA) is 76.4 Å². The Morgan fingerprint density at radius 1 is 1.19 bits per heavy atom. The Bertz CT molecular complexity index is 674. The molecular formula is C15H16ClN3O2. The van der Waals surface area contributed by atoms with Crippen LogP contribution in [0.3, 0.4) is 0 Å². The number of nitrogen functional groups attached to an aromatic ring is 1. The summed E-state index contributed by atoms with van der Waals surface area (Å²) in [4.78, 5) is 12.3. The zero-order chi connectivity index (χ0) is 15.4. The van der Waals surface area contributed by atoms with Crippen molar-refractivity contribution >= 4 is 28.9 Å². The maximum absolute atomic E-state index is 12.3. The standard InChI is InChI=1S/C15H16ClN3O2/c1-9-7-11(19-17)3-5-12(9)15(20)18-10-4-6-13(16)14(8-10)21-2/h3-8,19H,17H2,1-2H3,(H,18,20). The van der Waals surface area contributed by atoms with Gasteiger partial charge in [0.25, 0.3) is 5.91 Å². The van der Waals surface area contributed by atoms with E-state index in [1.165, 1.54) is 7.11 Å². The molecule has 0 heterocycles. The van der Waals surface area contributed by atoms with Crippen molar-refractivity contribution in [1.29, 1.82) is 0 Å². The minimum Gasteiger partial charge on any atom is -0.495 e. The summed E-state index contributed by atoms with van der Waals surface area (Å²) in [5, 5.41) is 3.30. The summed E-state index contributed by atoms with van der Waals surface area (Å²) in [6.45, 7) is 1.85. The van der Waals surface area contributed by atoms with Crippen LogP contribution in [-0.2, 0) is 0 Å². The molecule has 110 valence electrons. The first kappa shape index (κ1) is 15.2.